The van der Waals surface area contributed by atoms with Crippen LogP contribution >= 0.6 is 0 Å². The van der Waals surface area contributed by atoms with Gasteiger partial charge in [-0.25, -0.2) is 8.42 Å². The fraction of sp³-hybridized carbons (Fsp3) is 0.786. The van der Waals surface area contributed by atoms with Gasteiger partial charge in [0.25, 0.3) is 0 Å². The van der Waals surface area contributed by atoms with Crippen molar-refractivity contribution in [2.75, 3.05) is 24.6 Å². The highest BCUT2D eigenvalue weighted by atomic mass is 32.2. The van der Waals surface area contributed by atoms with E-state index in [1.165, 1.54) is 0 Å². The van der Waals surface area contributed by atoms with E-state index >= 15 is 0 Å². The third kappa shape index (κ3) is 3.89. The lowest BCUT2D eigenvalue weighted by molar-refractivity contribution is -0.123. The molecule has 0 radical (unpaired) electrons. The average Bonchev–Trinajstić information content (AvgIpc) is 3.18. The third-order valence-corrected chi connectivity index (χ3v) is 6.16. The molecule has 0 saturated carbocycles. The second kappa shape index (κ2) is 6.56. The van der Waals surface area contributed by atoms with Crippen molar-refractivity contribution in [3.63, 3.8) is 0 Å². The second-order valence-corrected chi connectivity index (χ2v) is 8.42. The van der Waals surface area contributed by atoms with Gasteiger partial charge in [0.05, 0.1) is 24.1 Å². The average molecular weight is 342 g/mol. The summed E-state index contributed by atoms with van der Waals surface area (Å²) in [5, 5.41) is 6.84. The zero-order chi connectivity index (χ0) is 16.4. The molecule has 1 aromatic heterocycles. The number of likely N-dealkylation sites (tertiary alicyclic amines) is 1. The van der Waals surface area contributed by atoms with Gasteiger partial charge in [0.2, 0.25) is 11.8 Å². The lowest BCUT2D eigenvalue weighted by Crippen LogP contribution is -2.42. The van der Waals surface area contributed by atoms with Crippen LogP contribution in [0.1, 0.15) is 43.9 Å². The fourth-order valence-corrected chi connectivity index (χ4v) is 4.89. The number of hydrogen-bond donors (Lipinski definition) is 1. The molecule has 2 unspecified atom stereocenters. The van der Waals surface area contributed by atoms with Crippen LogP contribution in [-0.2, 0) is 21.1 Å². The summed E-state index contributed by atoms with van der Waals surface area (Å²) in [4.78, 5) is 18.6. The topological polar surface area (TPSA) is 105 Å². The standard InChI is InChI=1S/C14H22N4O4S/c1-2-13-16-14(17-22-13)11-4-3-6-18(11)8-12(19)15-10-5-7-23(20,21)9-10/h10-11H,2-9H2,1H3,(H,15,19). The summed E-state index contributed by atoms with van der Waals surface area (Å²) in [5.74, 6) is 1.31. The van der Waals surface area contributed by atoms with Crippen molar-refractivity contribution in [2.24, 2.45) is 0 Å². The Labute approximate surface area is 135 Å². The van der Waals surface area contributed by atoms with Crippen molar-refractivity contribution in [2.45, 2.75) is 44.7 Å². The number of rotatable bonds is 5. The van der Waals surface area contributed by atoms with E-state index in [1.54, 1.807) is 0 Å². The number of carbonyl (C=O) groups is 1. The van der Waals surface area contributed by atoms with E-state index in [0.717, 1.165) is 19.4 Å². The minimum atomic E-state index is -2.98. The van der Waals surface area contributed by atoms with E-state index in [-0.39, 0.29) is 36.0 Å². The van der Waals surface area contributed by atoms with Gasteiger partial charge in [-0.2, -0.15) is 4.98 Å². The molecule has 1 amide bonds. The van der Waals surface area contributed by atoms with Crippen molar-refractivity contribution in [1.82, 2.24) is 20.4 Å². The molecule has 1 aromatic rings. The summed E-state index contributed by atoms with van der Waals surface area (Å²) in [6.07, 6.45) is 3.07. The van der Waals surface area contributed by atoms with E-state index in [0.29, 0.717) is 24.6 Å². The summed E-state index contributed by atoms with van der Waals surface area (Å²) in [6.45, 7) is 2.99. The Kier molecular flexibility index (Phi) is 4.67. The maximum absolute atomic E-state index is 12.2. The van der Waals surface area contributed by atoms with Gasteiger partial charge >= 0.3 is 0 Å². The summed E-state index contributed by atoms with van der Waals surface area (Å²) < 4.78 is 28.0. The Hall–Kier alpha value is -1.48. The van der Waals surface area contributed by atoms with Crippen molar-refractivity contribution in [3.05, 3.63) is 11.7 Å². The number of nitrogens with one attached hydrogen (secondary N) is 1. The minimum Gasteiger partial charge on any atom is -0.351 e. The highest BCUT2D eigenvalue weighted by Gasteiger charge is 2.33. The van der Waals surface area contributed by atoms with Gasteiger partial charge < -0.3 is 9.84 Å². The molecule has 2 fully saturated rings. The van der Waals surface area contributed by atoms with Crippen LogP contribution in [0.25, 0.3) is 0 Å². The van der Waals surface area contributed by atoms with Gasteiger partial charge in [-0.3, -0.25) is 9.69 Å². The zero-order valence-corrected chi connectivity index (χ0v) is 14.0. The van der Waals surface area contributed by atoms with Crippen LogP contribution in [0.2, 0.25) is 0 Å². The van der Waals surface area contributed by atoms with Gasteiger partial charge in [-0.05, 0) is 25.8 Å². The Bertz CT molecular complexity index is 672. The Balaban J connectivity index is 1.57. The Morgan fingerprint density at radius 3 is 2.91 bits per heavy atom. The first-order valence-corrected chi connectivity index (χ1v) is 9.85. The maximum Gasteiger partial charge on any atom is 0.234 e. The Morgan fingerprint density at radius 2 is 2.26 bits per heavy atom. The monoisotopic (exact) mass is 342 g/mol. The molecule has 2 aliphatic heterocycles. The predicted octanol–water partition coefficient (Wildman–Crippen LogP) is 0.0722. The summed E-state index contributed by atoms with van der Waals surface area (Å²) in [7, 11) is -2.98. The minimum absolute atomic E-state index is 0.00268. The molecule has 9 heteroatoms. The number of nitrogens with zero attached hydrogens (tertiary/aromatic N) is 3. The van der Waals surface area contributed by atoms with Gasteiger partial charge in [0, 0.05) is 12.5 Å². The molecule has 3 heterocycles. The summed E-state index contributed by atoms with van der Waals surface area (Å²) in [6, 6.07) is -0.262. The summed E-state index contributed by atoms with van der Waals surface area (Å²) in [5.41, 5.74) is 0. The Morgan fingerprint density at radius 1 is 1.43 bits per heavy atom. The third-order valence-electron chi connectivity index (χ3n) is 4.39. The highest BCUT2D eigenvalue weighted by Crippen LogP contribution is 2.29. The molecule has 0 aromatic carbocycles. The molecule has 0 spiro atoms. The van der Waals surface area contributed by atoms with E-state index in [4.69, 9.17) is 4.52 Å². The first-order valence-electron chi connectivity index (χ1n) is 8.03. The summed E-state index contributed by atoms with van der Waals surface area (Å²) >= 11 is 0. The number of hydrogen-bond acceptors (Lipinski definition) is 7. The molecule has 23 heavy (non-hydrogen) atoms. The first-order chi connectivity index (χ1) is 11.0. The van der Waals surface area contributed by atoms with Crippen LogP contribution in [0.5, 0.6) is 0 Å². The van der Waals surface area contributed by atoms with Crippen LogP contribution < -0.4 is 5.32 Å². The number of aryl methyl sites for hydroxylation is 1. The highest BCUT2D eigenvalue weighted by molar-refractivity contribution is 7.91. The smallest absolute Gasteiger partial charge is 0.234 e. The van der Waals surface area contributed by atoms with Crippen molar-refractivity contribution >= 4 is 15.7 Å². The fourth-order valence-electron chi connectivity index (χ4n) is 3.22. The molecule has 1 N–H and O–H groups in total. The first kappa shape index (κ1) is 16.4. The van der Waals surface area contributed by atoms with E-state index < -0.39 is 9.84 Å². The molecule has 2 saturated heterocycles. The van der Waals surface area contributed by atoms with Gasteiger partial charge in [0.1, 0.15) is 0 Å². The van der Waals surface area contributed by atoms with Crippen molar-refractivity contribution in [3.8, 4) is 0 Å². The van der Waals surface area contributed by atoms with Crippen molar-refractivity contribution in [1.29, 1.82) is 0 Å². The van der Waals surface area contributed by atoms with Crippen LogP contribution in [0.4, 0.5) is 0 Å². The quantitative estimate of drug-likeness (QED) is 0.807. The van der Waals surface area contributed by atoms with Crippen LogP contribution in [0.3, 0.4) is 0 Å². The maximum atomic E-state index is 12.2. The van der Waals surface area contributed by atoms with Gasteiger partial charge in [0.15, 0.2) is 15.7 Å². The molecule has 2 atom stereocenters. The number of amides is 1. The van der Waals surface area contributed by atoms with Crippen LogP contribution in [-0.4, -0.2) is 60.0 Å². The molecular formula is C14H22N4O4S. The van der Waals surface area contributed by atoms with E-state index in [9.17, 15) is 13.2 Å². The molecular weight excluding hydrogens is 320 g/mol. The molecule has 0 bridgehead atoms. The molecule has 3 rings (SSSR count). The molecule has 0 aliphatic carbocycles. The SMILES string of the molecule is CCc1nc(C2CCCN2CC(=O)NC2CCS(=O)(=O)C2)no1. The lowest BCUT2D eigenvalue weighted by atomic mass is 10.2. The number of sulfone groups is 1. The van der Waals surface area contributed by atoms with E-state index in [1.807, 2.05) is 11.8 Å². The molecule has 2 aliphatic rings. The molecule has 8 nitrogen and oxygen atoms in total. The van der Waals surface area contributed by atoms with E-state index in [2.05, 4.69) is 15.5 Å². The zero-order valence-electron chi connectivity index (χ0n) is 13.2. The normalized spacial score (nSPS) is 27.3. The number of carbonyl (C=O) groups excluding carboxylic acids is 1. The second-order valence-electron chi connectivity index (χ2n) is 6.20. The van der Waals surface area contributed by atoms with Crippen LogP contribution in [0.15, 0.2) is 4.52 Å². The van der Waals surface area contributed by atoms with Gasteiger partial charge in [-0.15, -0.1) is 0 Å². The van der Waals surface area contributed by atoms with Crippen molar-refractivity contribution < 1.29 is 17.7 Å². The van der Waals surface area contributed by atoms with Gasteiger partial charge in [-0.1, -0.05) is 12.1 Å². The van der Waals surface area contributed by atoms with Crippen LogP contribution in [0, 0.1) is 0 Å². The predicted molar refractivity (Wildman–Crippen MR) is 82.4 cm³/mol. The number of aromatic nitrogens is 2. The molecule has 128 valence electrons. The largest absolute Gasteiger partial charge is 0.351 e. The lowest BCUT2D eigenvalue weighted by Gasteiger charge is -2.22.